The second kappa shape index (κ2) is 8.48. The summed E-state index contributed by atoms with van der Waals surface area (Å²) in [6, 6.07) is 19.5. The third-order valence-electron chi connectivity index (χ3n) is 4.31. The number of carbonyl (C=O) groups is 3. The van der Waals surface area contributed by atoms with Crippen LogP contribution in [0.1, 0.15) is 34.6 Å². The fourth-order valence-corrected chi connectivity index (χ4v) is 2.77. The molecule has 5 heteroatoms. The topological polar surface area (TPSA) is 72.5 Å². The Morgan fingerprint density at radius 1 is 0.929 bits per heavy atom. The fraction of sp³-hybridized carbons (Fsp3) is 0.174. The number of rotatable bonds is 6. The van der Waals surface area contributed by atoms with E-state index in [4.69, 9.17) is 4.74 Å². The largest absolute Gasteiger partial charge is 0.454 e. The molecule has 5 nitrogen and oxygen atoms in total. The number of anilines is 1. The average molecular weight is 375 g/mol. The van der Waals surface area contributed by atoms with E-state index in [0.717, 1.165) is 10.8 Å². The number of nitrogens with one attached hydrogen (secondary N) is 1. The normalized spacial score (nSPS) is 10.7. The van der Waals surface area contributed by atoms with Gasteiger partial charge in [-0.15, -0.1) is 0 Å². The van der Waals surface area contributed by atoms with Gasteiger partial charge in [0.15, 0.2) is 6.61 Å². The zero-order valence-corrected chi connectivity index (χ0v) is 15.8. The summed E-state index contributed by atoms with van der Waals surface area (Å²) in [6.45, 7) is 3.22. The Bertz CT molecular complexity index is 1030. The van der Waals surface area contributed by atoms with E-state index in [0.29, 0.717) is 11.3 Å². The van der Waals surface area contributed by atoms with Gasteiger partial charge < -0.3 is 10.1 Å². The Balaban J connectivity index is 1.68. The van der Waals surface area contributed by atoms with Crippen molar-refractivity contribution in [2.24, 2.45) is 5.92 Å². The number of carbonyl (C=O) groups excluding carboxylic acids is 3. The van der Waals surface area contributed by atoms with Crippen molar-refractivity contribution in [2.45, 2.75) is 13.8 Å². The Morgan fingerprint density at radius 2 is 1.64 bits per heavy atom. The molecule has 0 bridgehead atoms. The van der Waals surface area contributed by atoms with Gasteiger partial charge in [-0.25, -0.2) is 4.79 Å². The van der Waals surface area contributed by atoms with E-state index in [2.05, 4.69) is 5.32 Å². The molecule has 0 saturated carbocycles. The Labute approximate surface area is 163 Å². The third kappa shape index (κ3) is 4.43. The Morgan fingerprint density at radius 3 is 2.43 bits per heavy atom. The second-order valence-corrected chi connectivity index (χ2v) is 6.75. The molecule has 28 heavy (non-hydrogen) atoms. The molecule has 1 amide bonds. The number of benzene rings is 3. The van der Waals surface area contributed by atoms with Crippen LogP contribution in [0.3, 0.4) is 0 Å². The molecule has 3 aromatic carbocycles. The average Bonchev–Trinajstić information content (AvgIpc) is 2.71. The van der Waals surface area contributed by atoms with Crippen molar-refractivity contribution in [1.29, 1.82) is 0 Å². The van der Waals surface area contributed by atoms with Crippen LogP contribution in [0.5, 0.6) is 0 Å². The predicted octanol–water partition coefficient (Wildman–Crippen LogP) is 4.47. The van der Waals surface area contributed by atoms with E-state index in [1.807, 2.05) is 30.3 Å². The summed E-state index contributed by atoms with van der Waals surface area (Å²) in [7, 11) is 0. The number of hydrogen-bond donors (Lipinski definition) is 1. The first-order valence-electron chi connectivity index (χ1n) is 9.04. The summed E-state index contributed by atoms with van der Waals surface area (Å²) >= 11 is 0. The molecule has 0 spiro atoms. The first-order chi connectivity index (χ1) is 13.5. The van der Waals surface area contributed by atoms with Crippen molar-refractivity contribution in [3.05, 3.63) is 77.9 Å². The molecule has 0 fully saturated rings. The minimum Gasteiger partial charge on any atom is -0.454 e. The highest BCUT2D eigenvalue weighted by Gasteiger charge is 2.15. The van der Waals surface area contributed by atoms with Crippen molar-refractivity contribution < 1.29 is 19.1 Å². The molecule has 0 aliphatic carbocycles. The zero-order valence-electron chi connectivity index (χ0n) is 15.8. The molecule has 0 atom stereocenters. The molecule has 0 aromatic heterocycles. The molecular formula is C23H21NO4. The summed E-state index contributed by atoms with van der Waals surface area (Å²) in [5, 5.41) is 4.51. The monoisotopic (exact) mass is 375 g/mol. The molecule has 1 N–H and O–H groups in total. The minimum atomic E-state index is -0.616. The summed E-state index contributed by atoms with van der Waals surface area (Å²) < 4.78 is 5.20. The number of Topliss-reactive ketones (excluding diaryl/α,β-unsaturated/α-hetero) is 1. The van der Waals surface area contributed by atoms with E-state index < -0.39 is 5.97 Å². The molecular weight excluding hydrogens is 354 g/mol. The highest BCUT2D eigenvalue weighted by atomic mass is 16.5. The van der Waals surface area contributed by atoms with E-state index in [-0.39, 0.29) is 29.8 Å². The van der Waals surface area contributed by atoms with Gasteiger partial charge in [-0.3, -0.25) is 9.59 Å². The van der Waals surface area contributed by atoms with Crippen LogP contribution in [0.4, 0.5) is 5.69 Å². The highest BCUT2D eigenvalue weighted by Crippen LogP contribution is 2.19. The van der Waals surface area contributed by atoms with Crippen molar-refractivity contribution in [3.63, 3.8) is 0 Å². The first-order valence-corrected chi connectivity index (χ1v) is 9.04. The smallest absolute Gasteiger partial charge is 0.338 e. The quantitative estimate of drug-likeness (QED) is 0.509. The zero-order chi connectivity index (χ0) is 20.1. The maximum Gasteiger partial charge on any atom is 0.338 e. The van der Waals surface area contributed by atoms with Gasteiger partial charge in [0.2, 0.25) is 11.7 Å². The van der Waals surface area contributed by atoms with Crippen LogP contribution in [-0.2, 0) is 9.53 Å². The summed E-state index contributed by atoms with van der Waals surface area (Å²) in [5.74, 6) is -1.20. The van der Waals surface area contributed by atoms with Gasteiger partial charge >= 0.3 is 5.97 Å². The number of amides is 1. The van der Waals surface area contributed by atoms with Gasteiger partial charge in [-0.05, 0) is 29.0 Å². The molecule has 0 unspecified atom stereocenters. The van der Waals surface area contributed by atoms with E-state index in [9.17, 15) is 14.4 Å². The molecule has 142 valence electrons. The molecule has 0 aliphatic heterocycles. The number of hydrogen-bond acceptors (Lipinski definition) is 4. The number of ether oxygens (including phenoxy) is 1. The third-order valence-corrected chi connectivity index (χ3v) is 4.31. The van der Waals surface area contributed by atoms with Crippen LogP contribution < -0.4 is 5.32 Å². The van der Waals surface area contributed by atoms with Gasteiger partial charge in [0, 0.05) is 17.2 Å². The SMILES string of the molecule is CC(C)C(=O)Nc1cccc(C(=O)OCC(=O)c2cccc3ccccc23)c1. The number of ketones is 1. The van der Waals surface area contributed by atoms with Crippen molar-refractivity contribution in [3.8, 4) is 0 Å². The Kier molecular flexibility index (Phi) is 5.84. The van der Waals surface area contributed by atoms with Crippen molar-refractivity contribution in [1.82, 2.24) is 0 Å². The fourth-order valence-electron chi connectivity index (χ4n) is 2.77. The lowest BCUT2D eigenvalue weighted by Crippen LogP contribution is -2.18. The maximum absolute atomic E-state index is 12.5. The van der Waals surface area contributed by atoms with Gasteiger partial charge in [0.25, 0.3) is 0 Å². The van der Waals surface area contributed by atoms with Gasteiger partial charge in [-0.1, -0.05) is 62.4 Å². The summed E-state index contributed by atoms with van der Waals surface area (Å²) in [6.07, 6.45) is 0. The van der Waals surface area contributed by atoms with Crippen LogP contribution in [-0.4, -0.2) is 24.3 Å². The van der Waals surface area contributed by atoms with Crippen LogP contribution in [0, 0.1) is 5.92 Å². The van der Waals surface area contributed by atoms with Crippen LogP contribution in [0.2, 0.25) is 0 Å². The molecule has 3 aromatic rings. The van der Waals surface area contributed by atoms with Crippen LogP contribution in [0.25, 0.3) is 10.8 Å². The van der Waals surface area contributed by atoms with E-state index in [1.165, 1.54) is 6.07 Å². The maximum atomic E-state index is 12.5. The molecule has 3 rings (SSSR count). The predicted molar refractivity (Wildman–Crippen MR) is 108 cm³/mol. The lowest BCUT2D eigenvalue weighted by atomic mass is 10.0. The van der Waals surface area contributed by atoms with E-state index >= 15 is 0 Å². The molecule has 0 aliphatic rings. The van der Waals surface area contributed by atoms with Crippen LogP contribution in [0.15, 0.2) is 66.7 Å². The highest BCUT2D eigenvalue weighted by molar-refractivity contribution is 6.09. The van der Waals surface area contributed by atoms with Gasteiger partial charge in [0.1, 0.15) is 0 Å². The molecule has 0 heterocycles. The van der Waals surface area contributed by atoms with Crippen molar-refractivity contribution >= 4 is 34.1 Å². The minimum absolute atomic E-state index is 0.142. The lowest BCUT2D eigenvalue weighted by molar-refractivity contribution is -0.118. The number of fused-ring (bicyclic) bond motifs is 1. The molecule has 0 radical (unpaired) electrons. The summed E-state index contributed by atoms with van der Waals surface area (Å²) in [5.41, 5.74) is 1.30. The lowest BCUT2D eigenvalue weighted by Gasteiger charge is -2.10. The standard InChI is InChI=1S/C23H21NO4/c1-15(2)22(26)24-18-10-5-9-17(13-18)23(27)28-14-21(25)20-12-6-8-16-7-3-4-11-19(16)20/h3-13,15H,14H2,1-2H3,(H,24,26). The Hall–Kier alpha value is -3.47. The number of esters is 1. The van der Waals surface area contributed by atoms with Crippen molar-refractivity contribution in [2.75, 3.05) is 11.9 Å². The first kappa shape index (κ1) is 19.3. The molecule has 0 saturated heterocycles. The second-order valence-electron chi connectivity index (χ2n) is 6.75. The van der Waals surface area contributed by atoms with Gasteiger partial charge in [0.05, 0.1) is 5.56 Å². The van der Waals surface area contributed by atoms with E-state index in [1.54, 1.807) is 44.2 Å². The van der Waals surface area contributed by atoms with Gasteiger partial charge in [-0.2, -0.15) is 0 Å². The summed E-state index contributed by atoms with van der Waals surface area (Å²) in [4.78, 5) is 36.7. The van der Waals surface area contributed by atoms with Crippen LogP contribution >= 0.6 is 0 Å².